The summed E-state index contributed by atoms with van der Waals surface area (Å²) in [5.41, 5.74) is 1.44. The van der Waals surface area contributed by atoms with E-state index in [4.69, 9.17) is 5.11 Å². The summed E-state index contributed by atoms with van der Waals surface area (Å²) in [6.45, 7) is 4.95. The van der Waals surface area contributed by atoms with Crippen molar-refractivity contribution in [2.75, 3.05) is 31.4 Å². The molecule has 0 bridgehead atoms. The highest BCUT2D eigenvalue weighted by atomic mass is 16.4. The maximum absolute atomic E-state index is 12.2. The summed E-state index contributed by atoms with van der Waals surface area (Å²) in [6, 6.07) is 5.10. The molecule has 0 aliphatic rings. The number of urea groups is 1. The molecular formula is C15H23N3O3. The van der Waals surface area contributed by atoms with Gasteiger partial charge in [-0.2, -0.15) is 0 Å². The molecule has 0 aliphatic carbocycles. The van der Waals surface area contributed by atoms with Crippen molar-refractivity contribution in [3.8, 4) is 0 Å². The number of carboxylic acid groups (broad SMARTS) is 1. The van der Waals surface area contributed by atoms with Crippen LogP contribution in [0.3, 0.4) is 0 Å². The summed E-state index contributed by atoms with van der Waals surface area (Å²) in [6.07, 6.45) is 0. The molecule has 0 radical (unpaired) electrons. The zero-order valence-electron chi connectivity index (χ0n) is 13.4. The number of aryl methyl sites for hydroxylation is 1. The Kier molecular flexibility index (Phi) is 4.83. The van der Waals surface area contributed by atoms with E-state index in [1.54, 1.807) is 6.07 Å². The minimum absolute atomic E-state index is 0.462. The Bertz CT molecular complexity index is 553. The monoisotopic (exact) mass is 293 g/mol. The van der Waals surface area contributed by atoms with E-state index >= 15 is 0 Å². The molecule has 0 saturated carbocycles. The van der Waals surface area contributed by atoms with Gasteiger partial charge in [0.25, 0.3) is 0 Å². The molecule has 116 valence electrons. The smallest absolute Gasteiger partial charge is 0.329 e. The highest BCUT2D eigenvalue weighted by molar-refractivity contribution is 5.93. The Labute approximate surface area is 125 Å². The highest BCUT2D eigenvalue weighted by Gasteiger charge is 2.35. The van der Waals surface area contributed by atoms with Crippen LogP contribution in [0.2, 0.25) is 0 Å². The average molecular weight is 293 g/mol. The lowest BCUT2D eigenvalue weighted by molar-refractivity contribution is -0.146. The lowest BCUT2D eigenvalue weighted by atomic mass is 10.0. The van der Waals surface area contributed by atoms with Gasteiger partial charge in [0.05, 0.1) is 0 Å². The first-order valence-electron chi connectivity index (χ1n) is 6.63. The van der Waals surface area contributed by atoms with Gasteiger partial charge >= 0.3 is 12.0 Å². The second-order valence-corrected chi connectivity index (χ2v) is 5.75. The number of rotatable bonds is 4. The van der Waals surface area contributed by atoms with Gasteiger partial charge in [-0.3, -0.25) is 0 Å². The number of carbonyl (C=O) groups is 2. The van der Waals surface area contributed by atoms with Gasteiger partial charge in [0.15, 0.2) is 0 Å². The van der Waals surface area contributed by atoms with Crippen molar-refractivity contribution >= 4 is 23.4 Å². The van der Waals surface area contributed by atoms with E-state index < -0.39 is 17.5 Å². The molecule has 1 aromatic carbocycles. The fraction of sp³-hybridized carbons (Fsp3) is 0.467. The number of hydrogen-bond donors (Lipinski definition) is 2. The fourth-order valence-electron chi connectivity index (χ4n) is 1.77. The zero-order valence-corrected chi connectivity index (χ0v) is 13.4. The average Bonchev–Trinajstić information content (AvgIpc) is 2.39. The first-order valence-corrected chi connectivity index (χ1v) is 6.63. The number of aliphatic carboxylic acids is 1. The van der Waals surface area contributed by atoms with E-state index in [2.05, 4.69) is 5.32 Å². The van der Waals surface area contributed by atoms with Crippen LogP contribution in [-0.2, 0) is 4.79 Å². The Hall–Kier alpha value is -2.24. The van der Waals surface area contributed by atoms with Gasteiger partial charge in [-0.1, -0.05) is 6.07 Å². The predicted octanol–water partition coefficient (Wildman–Crippen LogP) is 2.39. The van der Waals surface area contributed by atoms with Gasteiger partial charge in [0, 0.05) is 32.5 Å². The number of amides is 2. The maximum Gasteiger partial charge on any atom is 0.329 e. The number of nitrogens with one attached hydrogen (secondary N) is 1. The molecule has 0 spiro atoms. The summed E-state index contributed by atoms with van der Waals surface area (Å²) < 4.78 is 0. The minimum Gasteiger partial charge on any atom is -0.480 e. The molecule has 1 rings (SSSR count). The van der Waals surface area contributed by atoms with E-state index in [9.17, 15) is 9.59 Å². The van der Waals surface area contributed by atoms with E-state index in [1.807, 2.05) is 38.1 Å². The van der Waals surface area contributed by atoms with Crippen LogP contribution in [0.15, 0.2) is 18.2 Å². The number of anilines is 2. The van der Waals surface area contributed by atoms with Crippen molar-refractivity contribution in [2.45, 2.75) is 26.3 Å². The van der Waals surface area contributed by atoms with E-state index in [-0.39, 0.29) is 0 Å². The Morgan fingerprint density at radius 1 is 1.19 bits per heavy atom. The number of carboxylic acids is 1. The lowest BCUT2D eigenvalue weighted by Crippen LogP contribution is -2.52. The van der Waals surface area contributed by atoms with Crippen LogP contribution in [0, 0.1) is 6.92 Å². The molecule has 0 aromatic heterocycles. The van der Waals surface area contributed by atoms with E-state index in [0.717, 1.165) is 11.3 Å². The number of carbonyl (C=O) groups excluding carboxylic acids is 1. The highest BCUT2D eigenvalue weighted by Crippen LogP contribution is 2.23. The summed E-state index contributed by atoms with van der Waals surface area (Å²) in [5, 5.41) is 11.9. The molecule has 21 heavy (non-hydrogen) atoms. The van der Waals surface area contributed by atoms with Crippen molar-refractivity contribution in [2.24, 2.45) is 0 Å². The van der Waals surface area contributed by atoms with Crippen molar-refractivity contribution in [1.29, 1.82) is 0 Å². The molecule has 2 amide bonds. The third-order valence-corrected chi connectivity index (χ3v) is 3.61. The van der Waals surface area contributed by atoms with Crippen molar-refractivity contribution in [1.82, 2.24) is 4.90 Å². The van der Waals surface area contributed by atoms with Crippen LogP contribution >= 0.6 is 0 Å². The standard InChI is InChI=1S/C15H23N3O3/c1-10-7-8-11(9-12(10)17(4)5)16-14(21)18(6)15(2,3)13(19)20/h7-9H,1-6H3,(H,16,21)(H,19,20). The first-order chi connectivity index (χ1) is 9.57. The molecule has 6 nitrogen and oxygen atoms in total. The topological polar surface area (TPSA) is 72.9 Å². The molecule has 6 heteroatoms. The molecule has 1 aromatic rings. The van der Waals surface area contributed by atoms with E-state index in [0.29, 0.717) is 5.69 Å². The molecule has 0 fully saturated rings. The molecule has 2 N–H and O–H groups in total. The van der Waals surface area contributed by atoms with Gasteiger partial charge in [0.1, 0.15) is 5.54 Å². The third kappa shape index (κ3) is 3.65. The second-order valence-electron chi connectivity index (χ2n) is 5.75. The lowest BCUT2D eigenvalue weighted by Gasteiger charge is -2.31. The van der Waals surface area contributed by atoms with Crippen LogP contribution in [0.5, 0.6) is 0 Å². The zero-order chi connectivity index (χ0) is 16.4. The van der Waals surface area contributed by atoms with Crippen LogP contribution in [0.4, 0.5) is 16.2 Å². The first kappa shape index (κ1) is 16.8. The van der Waals surface area contributed by atoms with Gasteiger partial charge in [-0.25, -0.2) is 9.59 Å². The summed E-state index contributed by atoms with van der Waals surface area (Å²) in [5.74, 6) is -1.06. The van der Waals surface area contributed by atoms with E-state index in [1.165, 1.54) is 25.8 Å². The molecule has 0 aliphatic heterocycles. The van der Waals surface area contributed by atoms with Gasteiger partial charge in [-0.15, -0.1) is 0 Å². The number of hydrogen-bond acceptors (Lipinski definition) is 3. The summed E-state index contributed by atoms with van der Waals surface area (Å²) in [4.78, 5) is 26.5. The number of benzene rings is 1. The second kappa shape index (κ2) is 6.03. The largest absolute Gasteiger partial charge is 0.480 e. The molecule has 0 unspecified atom stereocenters. The minimum atomic E-state index is -1.28. The molecule has 0 heterocycles. The summed E-state index contributed by atoms with van der Waals surface area (Å²) >= 11 is 0. The Balaban J connectivity index is 2.94. The van der Waals surface area contributed by atoms with Gasteiger partial charge in [-0.05, 0) is 38.5 Å². The Morgan fingerprint density at radius 2 is 1.76 bits per heavy atom. The fourth-order valence-corrected chi connectivity index (χ4v) is 1.77. The molecule has 0 saturated heterocycles. The maximum atomic E-state index is 12.2. The summed E-state index contributed by atoms with van der Waals surface area (Å²) in [7, 11) is 5.31. The number of nitrogens with zero attached hydrogens (tertiary/aromatic N) is 2. The van der Waals surface area contributed by atoms with Crippen molar-refractivity contribution < 1.29 is 14.7 Å². The third-order valence-electron chi connectivity index (χ3n) is 3.61. The molecular weight excluding hydrogens is 270 g/mol. The molecule has 0 atom stereocenters. The SMILES string of the molecule is Cc1ccc(NC(=O)N(C)C(C)(C)C(=O)O)cc1N(C)C. The van der Waals surface area contributed by atoms with Gasteiger partial charge < -0.3 is 20.2 Å². The normalized spacial score (nSPS) is 11.0. The predicted molar refractivity (Wildman–Crippen MR) is 84.0 cm³/mol. The van der Waals surface area contributed by atoms with Gasteiger partial charge in [0.2, 0.25) is 0 Å². The Morgan fingerprint density at radius 3 is 2.24 bits per heavy atom. The van der Waals surface area contributed by atoms with Crippen LogP contribution in [0.1, 0.15) is 19.4 Å². The van der Waals surface area contributed by atoms with Crippen molar-refractivity contribution in [3.05, 3.63) is 23.8 Å². The quantitative estimate of drug-likeness (QED) is 0.894. The van der Waals surface area contributed by atoms with Crippen LogP contribution < -0.4 is 10.2 Å². The van der Waals surface area contributed by atoms with Crippen molar-refractivity contribution in [3.63, 3.8) is 0 Å². The number of likely N-dealkylation sites (N-methyl/N-ethyl adjacent to an activating group) is 1. The van der Waals surface area contributed by atoms with Crippen LogP contribution in [-0.4, -0.2) is 48.7 Å². The van der Waals surface area contributed by atoms with Crippen LogP contribution in [0.25, 0.3) is 0 Å².